The molecule has 0 radical (unpaired) electrons. The Morgan fingerprint density at radius 1 is 0.522 bits per heavy atom. The Hall–Kier alpha value is -5.68. The molecule has 0 N–H and O–H groups in total. The minimum absolute atomic E-state index is 0.545. The molecule has 9 rings (SSSR count). The first kappa shape index (κ1) is 26.7. The predicted octanol–water partition coefficient (Wildman–Crippen LogP) is 10.3. The number of anilines is 3. The van der Waals surface area contributed by atoms with E-state index in [9.17, 15) is 0 Å². The van der Waals surface area contributed by atoms with Gasteiger partial charge in [-0.15, -0.1) is 0 Å². The first-order chi connectivity index (χ1) is 22.8. The highest BCUT2D eigenvalue weighted by Gasteiger charge is 2.36. The molecule has 1 fully saturated rings. The minimum Gasteiger partial charge on any atom is -0.279 e. The molecule has 5 heteroatoms. The average Bonchev–Trinajstić information content (AvgIpc) is 3.76. The average molecular weight is 594 g/mol. The fourth-order valence-electron chi connectivity index (χ4n) is 7.43. The number of pyridine rings is 1. The summed E-state index contributed by atoms with van der Waals surface area (Å²) in [7, 11) is 0. The number of nitrogens with zero attached hydrogens (tertiary/aromatic N) is 5. The number of hydrogen-bond donors (Lipinski definition) is 0. The zero-order valence-corrected chi connectivity index (χ0v) is 25.3. The van der Waals surface area contributed by atoms with E-state index >= 15 is 0 Å². The van der Waals surface area contributed by atoms with Crippen molar-refractivity contribution in [2.24, 2.45) is 0 Å². The summed E-state index contributed by atoms with van der Waals surface area (Å²) in [6, 6.07) is 46.1. The maximum atomic E-state index is 5.17. The molecule has 5 aromatic carbocycles. The van der Waals surface area contributed by atoms with E-state index < -0.39 is 0 Å². The van der Waals surface area contributed by atoms with Gasteiger partial charge >= 0.3 is 0 Å². The zero-order valence-electron chi connectivity index (χ0n) is 25.3. The van der Waals surface area contributed by atoms with E-state index in [-0.39, 0.29) is 0 Å². The third kappa shape index (κ3) is 4.55. The smallest absolute Gasteiger partial charge is 0.238 e. The summed E-state index contributed by atoms with van der Waals surface area (Å²) in [4.78, 5) is 22.5. The highest BCUT2D eigenvalue weighted by atomic mass is 15.3. The maximum Gasteiger partial charge on any atom is 0.238 e. The molecule has 5 nitrogen and oxygen atoms in total. The molecule has 0 amide bonds. The monoisotopic (exact) mass is 593 g/mol. The number of benzene rings is 5. The summed E-state index contributed by atoms with van der Waals surface area (Å²) in [6.07, 6.45) is 5.89. The molecule has 2 bridgehead atoms. The molecule has 2 heterocycles. The molecule has 0 aliphatic heterocycles. The first-order valence-corrected chi connectivity index (χ1v) is 16.0. The Morgan fingerprint density at radius 3 is 1.85 bits per heavy atom. The fourth-order valence-corrected chi connectivity index (χ4v) is 7.43. The van der Waals surface area contributed by atoms with Gasteiger partial charge in [-0.1, -0.05) is 103 Å². The second-order valence-corrected chi connectivity index (χ2v) is 12.3. The lowest BCUT2D eigenvalue weighted by Gasteiger charge is -2.24. The topological polar surface area (TPSA) is 54.8 Å². The van der Waals surface area contributed by atoms with Crippen LogP contribution in [0.2, 0.25) is 0 Å². The van der Waals surface area contributed by atoms with Gasteiger partial charge in [-0.3, -0.25) is 9.88 Å². The van der Waals surface area contributed by atoms with Crippen molar-refractivity contribution >= 4 is 28.1 Å². The van der Waals surface area contributed by atoms with E-state index in [0.29, 0.717) is 23.5 Å². The van der Waals surface area contributed by atoms with Crippen LogP contribution in [-0.4, -0.2) is 19.9 Å². The SMILES string of the molecule is c1ccc(-c2nc(-c3cnc(-c4ccc5c(c4)C4CCC5C4)c4ccccc34)nc(N(c3ccccc3)c3ccccc3)n2)cc1. The van der Waals surface area contributed by atoms with Gasteiger partial charge in [0.2, 0.25) is 5.95 Å². The standard InChI is InChI=1S/C41H31N5/c1-4-12-27(13-5-1)39-43-40(45-41(44-39)46(31-14-6-2-7-15-31)32-16-8-3-9-17-32)37-26-42-38(35-19-11-10-18-34(35)37)30-22-23-33-28-20-21-29(24-28)36(33)25-30/h1-19,22-23,25-26,28-29H,20-21,24H2. The second-order valence-electron chi connectivity index (χ2n) is 12.3. The van der Waals surface area contributed by atoms with Crippen molar-refractivity contribution in [2.75, 3.05) is 4.90 Å². The molecule has 0 spiro atoms. The third-order valence-corrected chi connectivity index (χ3v) is 9.59. The van der Waals surface area contributed by atoms with E-state index in [1.54, 1.807) is 5.56 Å². The molecule has 2 aliphatic rings. The summed E-state index contributed by atoms with van der Waals surface area (Å²) < 4.78 is 0. The molecule has 46 heavy (non-hydrogen) atoms. The molecular formula is C41H31N5. The van der Waals surface area contributed by atoms with E-state index in [1.807, 2.05) is 72.9 Å². The highest BCUT2D eigenvalue weighted by molar-refractivity contribution is 6.02. The van der Waals surface area contributed by atoms with Crippen molar-refractivity contribution in [3.8, 4) is 34.0 Å². The summed E-state index contributed by atoms with van der Waals surface area (Å²) in [5.74, 6) is 3.18. The van der Waals surface area contributed by atoms with Crippen LogP contribution >= 0.6 is 0 Å². The van der Waals surface area contributed by atoms with Gasteiger partial charge in [0.15, 0.2) is 11.6 Å². The molecule has 7 aromatic rings. The summed E-state index contributed by atoms with van der Waals surface area (Å²) in [6.45, 7) is 0. The molecular weight excluding hydrogens is 562 g/mol. The Bertz CT molecular complexity index is 2160. The lowest BCUT2D eigenvalue weighted by molar-refractivity contribution is 0.718. The normalized spacial score (nSPS) is 16.4. The van der Waals surface area contributed by atoms with Crippen LogP contribution in [0.5, 0.6) is 0 Å². The van der Waals surface area contributed by atoms with Crippen LogP contribution in [0.25, 0.3) is 44.8 Å². The van der Waals surface area contributed by atoms with Gasteiger partial charge in [0.1, 0.15) is 0 Å². The van der Waals surface area contributed by atoms with Crippen LogP contribution in [0.1, 0.15) is 42.2 Å². The van der Waals surface area contributed by atoms with E-state index in [4.69, 9.17) is 19.9 Å². The van der Waals surface area contributed by atoms with Crippen molar-refractivity contribution in [3.63, 3.8) is 0 Å². The first-order valence-electron chi connectivity index (χ1n) is 16.0. The van der Waals surface area contributed by atoms with Crippen LogP contribution in [0, 0.1) is 0 Å². The molecule has 2 aromatic heterocycles. The van der Waals surface area contributed by atoms with Gasteiger partial charge in [-0.25, -0.2) is 4.98 Å². The van der Waals surface area contributed by atoms with Gasteiger partial charge in [-0.2, -0.15) is 9.97 Å². The van der Waals surface area contributed by atoms with E-state index in [0.717, 1.165) is 44.9 Å². The number of para-hydroxylation sites is 2. The fraction of sp³-hybridized carbons (Fsp3) is 0.122. The van der Waals surface area contributed by atoms with Gasteiger partial charge < -0.3 is 0 Å². The summed E-state index contributed by atoms with van der Waals surface area (Å²) >= 11 is 0. The van der Waals surface area contributed by atoms with Crippen molar-refractivity contribution in [3.05, 3.63) is 151 Å². The van der Waals surface area contributed by atoms with Gasteiger partial charge in [0.25, 0.3) is 0 Å². The van der Waals surface area contributed by atoms with Crippen LogP contribution in [-0.2, 0) is 0 Å². The Morgan fingerprint density at radius 2 is 1.13 bits per heavy atom. The van der Waals surface area contributed by atoms with Crippen molar-refractivity contribution in [2.45, 2.75) is 31.1 Å². The Kier molecular flexibility index (Phi) is 6.41. The Balaban J connectivity index is 1.24. The molecule has 2 atom stereocenters. The molecule has 1 saturated carbocycles. The van der Waals surface area contributed by atoms with Crippen LogP contribution in [0.3, 0.4) is 0 Å². The number of rotatable bonds is 6. The van der Waals surface area contributed by atoms with Gasteiger partial charge in [-0.05, 0) is 77.9 Å². The molecule has 2 unspecified atom stereocenters. The van der Waals surface area contributed by atoms with Crippen LogP contribution in [0.15, 0.2) is 140 Å². The number of hydrogen-bond acceptors (Lipinski definition) is 5. The van der Waals surface area contributed by atoms with Crippen molar-refractivity contribution < 1.29 is 0 Å². The Labute approximate surface area is 268 Å². The van der Waals surface area contributed by atoms with E-state index in [1.165, 1.54) is 30.4 Å². The van der Waals surface area contributed by atoms with Crippen LogP contribution < -0.4 is 4.90 Å². The largest absolute Gasteiger partial charge is 0.279 e. The molecule has 220 valence electrons. The zero-order chi connectivity index (χ0) is 30.5. The highest BCUT2D eigenvalue weighted by Crippen LogP contribution is 2.53. The molecule has 0 saturated heterocycles. The lowest BCUT2D eigenvalue weighted by atomic mass is 9.89. The summed E-state index contributed by atoms with van der Waals surface area (Å²) in [5.41, 5.74) is 8.99. The quantitative estimate of drug-likeness (QED) is 0.192. The van der Waals surface area contributed by atoms with E-state index in [2.05, 4.69) is 71.6 Å². The summed E-state index contributed by atoms with van der Waals surface area (Å²) in [5, 5.41) is 2.16. The van der Waals surface area contributed by atoms with Gasteiger partial charge in [0.05, 0.1) is 5.69 Å². The number of fused-ring (bicyclic) bond motifs is 6. The second kappa shape index (κ2) is 11.0. The predicted molar refractivity (Wildman–Crippen MR) is 185 cm³/mol. The van der Waals surface area contributed by atoms with Crippen molar-refractivity contribution in [1.29, 1.82) is 0 Å². The third-order valence-electron chi connectivity index (χ3n) is 9.59. The maximum absolute atomic E-state index is 5.17. The molecule has 2 aliphatic carbocycles. The lowest BCUT2D eigenvalue weighted by Crippen LogP contribution is -2.15. The van der Waals surface area contributed by atoms with Crippen LogP contribution in [0.4, 0.5) is 17.3 Å². The number of aromatic nitrogens is 4. The van der Waals surface area contributed by atoms with Gasteiger partial charge in [0, 0.05) is 39.6 Å². The minimum atomic E-state index is 0.545. The van der Waals surface area contributed by atoms with Crippen molar-refractivity contribution in [1.82, 2.24) is 19.9 Å².